The van der Waals surface area contributed by atoms with E-state index in [1.807, 2.05) is 24.3 Å². The predicted molar refractivity (Wildman–Crippen MR) is 102 cm³/mol. The maximum absolute atomic E-state index is 12.2. The summed E-state index contributed by atoms with van der Waals surface area (Å²) in [5, 5.41) is 5.56. The molecule has 0 aromatic heterocycles. The van der Waals surface area contributed by atoms with Crippen molar-refractivity contribution in [1.82, 2.24) is 5.32 Å². The molecule has 0 spiro atoms. The summed E-state index contributed by atoms with van der Waals surface area (Å²) in [4.78, 5) is 23.9. The fourth-order valence-electron chi connectivity index (χ4n) is 2.16. The van der Waals surface area contributed by atoms with Gasteiger partial charge in [-0.15, -0.1) is 11.8 Å². The minimum atomic E-state index is -0.416. The van der Waals surface area contributed by atoms with E-state index in [0.29, 0.717) is 23.7 Å². The summed E-state index contributed by atoms with van der Waals surface area (Å²) in [5.41, 5.74) is 6.62. The number of carbonyl (C=O) groups excluding carboxylic acids is 2. The van der Waals surface area contributed by atoms with Gasteiger partial charge in [0.2, 0.25) is 5.91 Å². The predicted octanol–water partition coefficient (Wildman–Crippen LogP) is 2.60. The van der Waals surface area contributed by atoms with Gasteiger partial charge in [-0.2, -0.15) is 0 Å². The molecule has 0 saturated carbocycles. The standard InChI is InChI=1S/C18H21N3O4S/c1-24-13-7-12(8-14(9-13)25-2)10-20-18(23)21-15-5-3-4-6-16(15)26-11-17(19)22/h3-9H,10-11H2,1-2H3,(H2,19,22)(H2,20,21,23). The number of methoxy groups -OCH3 is 2. The topological polar surface area (TPSA) is 103 Å². The highest BCUT2D eigenvalue weighted by Gasteiger charge is 2.09. The van der Waals surface area contributed by atoms with Gasteiger partial charge in [-0.3, -0.25) is 4.79 Å². The van der Waals surface area contributed by atoms with Gasteiger partial charge in [-0.25, -0.2) is 4.79 Å². The number of rotatable bonds is 8. The van der Waals surface area contributed by atoms with Gasteiger partial charge in [0.15, 0.2) is 0 Å². The Bertz CT molecular complexity index is 761. The third-order valence-electron chi connectivity index (χ3n) is 3.37. The molecule has 0 aliphatic rings. The van der Waals surface area contributed by atoms with Crippen LogP contribution < -0.4 is 25.8 Å². The Kier molecular flexibility index (Phi) is 7.16. The third-order valence-corrected chi connectivity index (χ3v) is 4.47. The van der Waals surface area contributed by atoms with Crippen LogP contribution >= 0.6 is 11.8 Å². The number of urea groups is 1. The molecule has 0 atom stereocenters. The molecule has 0 fully saturated rings. The first-order chi connectivity index (χ1) is 12.5. The summed E-state index contributed by atoms with van der Waals surface area (Å²) in [6.45, 7) is 0.302. The normalized spacial score (nSPS) is 10.1. The monoisotopic (exact) mass is 375 g/mol. The van der Waals surface area contributed by atoms with Crippen LogP contribution in [0.2, 0.25) is 0 Å². The summed E-state index contributed by atoms with van der Waals surface area (Å²) in [6.07, 6.45) is 0. The van der Waals surface area contributed by atoms with Crippen molar-refractivity contribution in [1.29, 1.82) is 0 Å². The highest BCUT2D eigenvalue weighted by molar-refractivity contribution is 8.00. The average molecular weight is 375 g/mol. The highest BCUT2D eigenvalue weighted by Crippen LogP contribution is 2.26. The van der Waals surface area contributed by atoms with Crippen LogP contribution in [0.5, 0.6) is 11.5 Å². The smallest absolute Gasteiger partial charge is 0.319 e. The number of hydrogen-bond acceptors (Lipinski definition) is 5. The van der Waals surface area contributed by atoms with E-state index in [0.717, 1.165) is 10.5 Å². The number of ether oxygens (including phenoxy) is 2. The number of anilines is 1. The lowest BCUT2D eigenvalue weighted by molar-refractivity contribution is -0.115. The summed E-state index contributed by atoms with van der Waals surface area (Å²) in [5.74, 6) is 1.02. The second kappa shape index (κ2) is 9.57. The molecule has 7 nitrogen and oxygen atoms in total. The summed E-state index contributed by atoms with van der Waals surface area (Å²) in [7, 11) is 3.14. The van der Waals surface area contributed by atoms with Crippen LogP contribution in [-0.2, 0) is 11.3 Å². The number of thioether (sulfide) groups is 1. The first kappa shape index (κ1) is 19.5. The molecule has 0 aliphatic heterocycles. The van der Waals surface area contributed by atoms with Crippen molar-refractivity contribution >= 4 is 29.4 Å². The quantitative estimate of drug-likeness (QED) is 0.616. The van der Waals surface area contributed by atoms with Gasteiger partial charge < -0.3 is 25.8 Å². The third kappa shape index (κ3) is 5.89. The number of hydrogen-bond donors (Lipinski definition) is 3. The second-order valence-corrected chi connectivity index (χ2v) is 6.30. The van der Waals surface area contributed by atoms with Crippen LogP contribution in [0, 0.1) is 0 Å². The van der Waals surface area contributed by atoms with E-state index in [2.05, 4.69) is 10.6 Å². The molecule has 4 N–H and O–H groups in total. The van der Waals surface area contributed by atoms with Gasteiger partial charge >= 0.3 is 6.03 Å². The molecule has 0 unspecified atom stereocenters. The van der Waals surface area contributed by atoms with Gasteiger partial charge in [0.05, 0.1) is 25.7 Å². The van der Waals surface area contributed by atoms with Gasteiger partial charge in [0, 0.05) is 17.5 Å². The van der Waals surface area contributed by atoms with Crippen molar-refractivity contribution in [3.05, 3.63) is 48.0 Å². The average Bonchev–Trinajstić information content (AvgIpc) is 2.65. The number of nitrogens with one attached hydrogen (secondary N) is 2. The van der Waals surface area contributed by atoms with Crippen molar-refractivity contribution in [2.24, 2.45) is 5.73 Å². The Morgan fingerprint density at radius 2 is 1.73 bits per heavy atom. The molecule has 2 aromatic rings. The lowest BCUT2D eigenvalue weighted by atomic mass is 10.2. The zero-order valence-electron chi connectivity index (χ0n) is 14.6. The molecule has 0 saturated heterocycles. The molecule has 2 aromatic carbocycles. The molecule has 138 valence electrons. The van der Waals surface area contributed by atoms with Crippen LogP contribution in [-0.4, -0.2) is 31.9 Å². The van der Waals surface area contributed by atoms with E-state index in [9.17, 15) is 9.59 Å². The first-order valence-electron chi connectivity index (χ1n) is 7.78. The summed E-state index contributed by atoms with van der Waals surface area (Å²) < 4.78 is 10.4. The summed E-state index contributed by atoms with van der Waals surface area (Å²) in [6, 6.07) is 12.2. The Morgan fingerprint density at radius 3 is 2.35 bits per heavy atom. The minimum Gasteiger partial charge on any atom is -0.497 e. The molecule has 26 heavy (non-hydrogen) atoms. The molecule has 8 heteroatoms. The van der Waals surface area contributed by atoms with Gasteiger partial charge in [0.25, 0.3) is 0 Å². The van der Waals surface area contributed by atoms with Gasteiger partial charge in [-0.05, 0) is 29.8 Å². The van der Waals surface area contributed by atoms with Gasteiger partial charge in [-0.1, -0.05) is 12.1 Å². The molecule has 3 amide bonds. The lowest BCUT2D eigenvalue weighted by Crippen LogP contribution is -2.28. The van der Waals surface area contributed by atoms with Crippen LogP contribution in [0.4, 0.5) is 10.5 Å². The maximum atomic E-state index is 12.2. The number of benzene rings is 2. The van der Waals surface area contributed by atoms with Crippen molar-refractivity contribution in [3.63, 3.8) is 0 Å². The molecule has 0 aliphatic carbocycles. The van der Waals surface area contributed by atoms with Crippen molar-refractivity contribution < 1.29 is 19.1 Å². The molecular formula is C18H21N3O4S. The first-order valence-corrected chi connectivity index (χ1v) is 8.77. The van der Waals surface area contributed by atoms with Crippen LogP contribution in [0.25, 0.3) is 0 Å². The Morgan fingerprint density at radius 1 is 1.08 bits per heavy atom. The lowest BCUT2D eigenvalue weighted by Gasteiger charge is -2.12. The Labute approximate surface area is 156 Å². The van der Waals surface area contributed by atoms with E-state index in [1.54, 1.807) is 32.4 Å². The Hall–Kier alpha value is -2.87. The fourth-order valence-corrected chi connectivity index (χ4v) is 2.91. The van der Waals surface area contributed by atoms with E-state index in [4.69, 9.17) is 15.2 Å². The molecular weight excluding hydrogens is 354 g/mol. The second-order valence-electron chi connectivity index (χ2n) is 5.28. The molecule has 0 heterocycles. The van der Waals surface area contributed by atoms with Crippen molar-refractivity contribution in [2.45, 2.75) is 11.4 Å². The van der Waals surface area contributed by atoms with Crippen molar-refractivity contribution in [3.8, 4) is 11.5 Å². The van der Waals surface area contributed by atoms with Crippen LogP contribution in [0.1, 0.15) is 5.56 Å². The SMILES string of the molecule is COc1cc(CNC(=O)Nc2ccccc2SCC(N)=O)cc(OC)c1. The van der Waals surface area contributed by atoms with E-state index >= 15 is 0 Å². The fraction of sp³-hybridized carbons (Fsp3) is 0.222. The van der Waals surface area contributed by atoms with E-state index in [-0.39, 0.29) is 11.8 Å². The molecule has 0 bridgehead atoms. The number of amides is 3. The van der Waals surface area contributed by atoms with Gasteiger partial charge in [0.1, 0.15) is 11.5 Å². The minimum absolute atomic E-state index is 0.143. The number of para-hydroxylation sites is 1. The van der Waals surface area contributed by atoms with Crippen LogP contribution in [0.3, 0.4) is 0 Å². The number of carbonyl (C=O) groups is 2. The van der Waals surface area contributed by atoms with E-state index in [1.165, 1.54) is 11.8 Å². The largest absolute Gasteiger partial charge is 0.497 e. The number of nitrogens with two attached hydrogens (primary N) is 1. The highest BCUT2D eigenvalue weighted by atomic mass is 32.2. The van der Waals surface area contributed by atoms with Crippen molar-refractivity contribution in [2.75, 3.05) is 25.3 Å². The van der Waals surface area contributed by atoms with E-state index < -0.39 is 5.91 Å². The number of primary amides is 1. The zero-order valence-corrected chi connectivity index (χ0v) is 15.4. The molecule has 0 radical (unpaired) electrons. The van der Waals surface area contributed by atoms with Crippen LogP contribution in [0.15, 0.2) is 47.4 Å². The summed E-state index contributed by atoms with van der Waals surface area (Å²) >= 11 is 1.27. The maximum Gasteiger partial charge on any atom is 0.319 e. The zero-order chi connectivity index (χ0) is 18.9. The Balaban J connectivity index is 1.98. The molecule has 2 rings (SSSR count).